The van der Waals surface area contributed by atoms with Gasteiger partial charge >= 0.3 is 11.9 Å². The molecule has 1 unspecified atom stereocenters. The fourth-order valence-corrected chi connectivity index (χ4v) is 5.26. The van der Waals surface area contributed by atoms with E-state index in [-0.39, 0.29) is 42.4 Å². The molecule has 1 aliphatic heterocycles. The van der Waals surface area contributed by atoms with Gasteiger partial charge in [0.1, 0.15) is 12.0 Å². The number of rotatable bonds is 4. The normalized spacial score (nSPS) is 28.0. The van der Waals surface area contributed by atoms with Gasteiger partial charge in [-0.3, -0.25) is 4.79 Å². The van der Waals surface area contributed by atoms with Crippen LogP contribution in [-0.2, 0) is 9.59 Å². The van der Waals surface area contributed by atoms with Crippen LogP contribution in [0.3, 0.4) is 0 Å². The summed E-state index contributed by atoms with van der Waals surface area (Å²) in [6.07, 6.45) is 12.0. The lowest BCUT2D eigenvalue weighted by Gasteiger charge is -2.32. The maximum absolute atomic E-state index is 13.2. The van der Waals surface area contributed by atoms with Crippen molar-refractivity contribution in [2.75, 3.05) is 6.54 Å². The third-order valence-electron chi connectivity index (χ3n) is 6.61. The summed E-state index contributed by atoms with van der Waals surface area (Å²) in [6, 6.07) is 0.0192. The van der Waals surface area contributed by atoms with Gasteiger partial charge in [0, 0.05) is 12.5 Å². The van der Waals surface area contributed by atoms with Crippen LogP contribution in [-0.4, -0.2) is 51.7 Å². The van der Waals surface area contributed by atoms with E-state index in [0.717, 1.165) is 76.3 Å². The zero-order valence-corrected chi connectivity index (χ0v) is 15.5. The van der Waals surface area contributed by atoms with E-state index in [1.165, 1.54) is 11.3 Å². The molecule has 0 saturated heterocycles. The topological polar surface area (TPSA) is 69.5 Å². The minimum Gasteiger partial charge on any atom is -0.350 e. The van der Waals surface area contributed by atoms with Crippen LogP contribution >= 0.6 is 0 Å². The Balaban J connectivity index is 1.54. The SMILES string of the molecule is O=C(C[N+]1=C2CCCC2C(=O)N(C2CCCCC2)C1=O)NC1CCCC1. The maximum Gasteiger partial charge on any atom is 0.501 e. The van der Waals surface area contributed by atoms with Gasteiger partial charge in [-0.25, -0.2) is 4.79 Å². The van der Waals surface area contributed by atoms with E-state index in [1.807, 2.05) is 0 Å². The van der Waals surface area contributed by atoms with Crippen molar-refractivity contribution in [2.24, 2.45) is 5.92 Å². The minimum absolute atomic E-state index is 0.0122. The van der Waals surface area contributed by atoms with Crippen LogP contribution in [0.15, 0.2) is 0 Å². The summed E-state index contributed by atoms with van der Waals surface area (Å²) in [4.78, 5) is 40.2. The van der Waals surface area contributed by atoms with Gasteiger partial charge in [-0.1, -0.05) is 19.3 Å². The molecular weight excluding hydrogens is 330 g/mol. The van der Waals surface area contributed by atoms with Crippen molar-refractivity contribution in [3.63, 3.8) is 0 Å². The van der Waals surface area contributed by atoms with E-state index in [9.17, 15) is 14.4 Å². The minimum atomic E-state index is -0.253. The third kappa shape index (κ3) is 3.30. The fourth-order valence-electron chi connectivity index (χ4n) is 5.26. The highest BCUT2D eigenvalue weighted by molar-refractivity contribution is 6.12. The van der Waals surface area contributed by atoms with Crippen LogP contribution in [0, 0.1) is 5.92 Å². The highest BCUT2D eigenvalue weighted by Crippen LogP contribution is 2.32. The quantitative estimate of drug-likeness (QED) is 0.784. The van der Waals surface area contributed by atoms with Crippen LogP contribution in [0.5, 0.6) is 0 Å². The van der Waals surface area contributed by atoms with Gasteiger partial charge < -0.3 is 5.32 Å². The number of carbonyl (C=O) groups excluding carboxylic acids is 3. The highest BCUT2D eigenvalue weighted by Gasteiger charge is 2.52. The molecule has 0 radical (unpaired) electrons. The van der Waals surface area contributed by atoms with Gasteiger partial charge in [-0.15, -0.1) is 0 Å². The molecule has 4 amide bonds. The van der Waals surface area contributed by atoms with Gasteiger partial charge in [0.15, 0.2) is 6.54 Å². The van der Waals surface area contributed by atoms with Gasteiger partial charge in [0.05, 0.1) is 5.71 Å². The van der Waals surface area contributed by atoms with E-state index >= 15 is 0 Å². The molecule has 0 aromatic carbocycles. The fraction of sp³-hybridized carbons (Fsp3) is 0.800. The third-order valence-corrected chi connectivity index (χ3v) is 6.61. The molecule has 1 atom stereocenters. The lowest BCUT2D eigenvalue weighted by molar-refractivity contribution is -0.431. The van der Waals surface area contributed by atoms with Crippen molar-refractivity contribution in [1.82, 2.24) is 10.2 Å². The molecule has 6 heteroatoms. The van der Waals surface area contributed by atoms with Crippen LogP contribution in [0.25, 0.3) is 0 Å². The molecule has 6 nitrogen and oxygen atoms in total. The first-order valence-corrected chi connectivity index (χ1v) is 10.4. The smallest absolute Gasteiger partial charge is 0.350 e. The van der Waals surface area contributed by atoms with E-state index in [0.29, 0.717) is 0 Å². The second kappa shape index (κ2) is 7.49. The largest absolute Gasteiger partial charge is 0.501 e. The monoisotopic (exact) mass is 360 g/mol. The van der Waals surface area contributed by atoms with Crippen molar-refractivity contribution in [2.45, 2.75) is 89.1 Å². The van der Waals surface area contributed by atoms with Gasteiger partial charge in [-0.05, 0) is 51.4 Å². The summed E-state index contributed by atoms with van der Waals surface area (Å²) >= 11 is 0. The van der Waals surface area contributed by atoms with E-state index in [1.54, 1.807) is 4.58 Å². The number of urea groups is 1. The summed E-state index contributed by atoms with van der Waals surface area (Å²) in [6.45, 7) is 0.0671. The molecule has 1 N–H and O–H groups in total. The first-order chi connectivity index (χ1) is 12.6. The summed E-state index contributed by atoms with van der Waals surface area (Å²) in [5.74, 6) is -0.280. The predicted octanol–water partition coefficient (Wildman–Crippen LogP) is 2.59. The average molecular weight is 360 g/mol. The molecule has 0 bridgehead atoms. The summed E-state index contributed by atoms with van der Waals surface area (Å²) in [5.41, 5.74) is 0.883. The Bertz CT molecular complexity index is 630. The lowest BCUT2D eigenvalue weighted by atomic mass is 9.92. The molecule has 3 fully saturated rings. The molecule has 3 saturated carbocycles. The molecule has 3 aliphatic carbocycles. The molecule has 1 heterocycles. The zero-order chi connectivity index (χ0) is 18.1. The van der Waals surface area contributed by atoms with Crippen LogP contribution in [0.1, 0.15) is 77.0 Å². The first-order valence-electron chi connectivity index (χ1n) is 10.4. The van der Waals surface area contributed by atoms with Gasteiger partial charge in [-0.2, -0.15) is 14.3 Å². The van der Waals surface area contributed by atoms with Crippen LogP contribution in [0.2, 0.25) is 0 Å². The maximum atomic E-state index is 13.2. The Hall–Kier alpha value is -1.72. The number of amides is 4. The number of hydrogen-bond acceptors (Lipinski definition) is 3. The van der Waals surface area contributed by atoms with Gasteiger partial charge in [0.25, 0.3) is 5.91 Å². The van der Waals surface area contributed by atoms with Crippen molar-refractivity contribution < 1.29 is 19.0 Å². The Kier molecular flexibility index (Phi) is 5.09. The van der Waals surface area contributed by atoms with Gasteiger partial charge in [0.2, 0.25) is 0 Å². The average Bonchev–Trinajstić information content (AvgIpc) is 3.31. The van der Waals surface area contributed by atoms with Crippen LogP contribution < -0.4 is 5.32 Å². The number of hydrogen-bond donors (Lipinski definition) is 1. The highest BCUT2D eigenvalue weighted by atomic mass is 16.2. The Morgan fingerprint density at radius 3 is 2.38 bits per heavy atom. The Morgan fingerprint density at radius 1 is 0.962 bits per heavy atom. The molecule has 4 aliphatic rings. The van der Waals surface area contributed by atoms with Crippen molar-refractivity contribution in [3.8, 4) is 0 Å². The Labute approximate surface area is 155 Å². The molecule has 0 spiro atoms. The summed E-state index contributed by atoms with van der Waals surface area (Å²) < 4.78 is 1.64. The Morgan fingerprint density at radius 2 is 1.65 bits per heavy atom. The predicted molar refractivity (Wildman–Crippen MR) is 97.0 cm³/mol. The molecule has 4 rings (SSSR count). The number of imide groups is 1. The van der Waals surface area contributed by atoms with Crippen molar-refractivity contribution in [1.29, 1.82) is 0 Å². The first kappa shape index (κ1) is 17.7. The standard InChI is InChI=1S/C20H29N3O3/c24-18(21-14-7-4-5-8-14)13-22-17-12-6-11-16(17)19(25)23(20(22)26)15-9-2-1-3-10-15/h14-16H,1-13H2/p+1. The number of fused-ring (bicyclic) bond motifs is 1. The number of carbonyl (C=O) groups is 3. The molecule has 142 valence electrons. The van der Waals surface area contributed by atoms with Crippen molar-refractivity contribution in [3.05, 3.63) is 0 Å². The second-order valence-corrected chi connectivity index (χ2v) is 8.35. The summed E-state index contributed by atoms with van der Waals surface area (Å²) in [5, 5.41) is 3.08. The summed E-state index contributed by atoms with van der Waals surface area (Å²) in [7, 11) is 0. The van der Waals surface area contributed by atoms with E-state index < -0.39 is 0 Å². The molecule has 26 heavy (non-hydrogen) atoms. The lowest BCUT2D eigenvalue weighted by Crippen LogP contribution is -2.58. The molecule has 0 aromatic rings. The van der Waals surface area contributed by atoms with Crippen LogP contribution in [0.4, 0.5) is 4.79 Å². The molecule has 0 aromatic heterocycles. The van der Waals surface area contributed by atoms with E-state index in [2.05, 4.69) is 5.32 Å². The number of nitrogens with one attached hydrogen (secondary N) is 1. The van der Waals surface area contributed by atoms with Crippen molar-refractivity contribution >= 4 is 23.6 Å². The van der Waals surface area contributed by atoms with E-state index in [4.69, 9.17) is 0 Å². The zero-order valence-electron chi connectivity index (χ0n) is 15.5. The molecular formula is C20H30N3O3+. The second-order valence-electron chi connectivity index (χ2n) is 8.35. The number of nitrogens with zero attached hydrogens (tertiary/aromatic N) is 2.